The van der Waals surface area contributed by atoms with Gasteiger partial charge in [0.15, 0.2) is 0 Å². The normalized spacial score (nSPS) is 14.5. The van der Waals surface area contributed by atoms with Gasteiger partial charge in [0.05, 0.1) is 13.0 Å². The molecule has 0 fully saturated rings. The van der Waals surface area contributed by atoms with Crippen molar-refractivity contribution in [1.29, 1.82) is 0 Å². The molecule has 0 aromatic heterocycles. The van der Waals surface area contributed by atoms with Gasteiger partial charge in [-0.2, -0.15) is 0 Å². The first-order chi connectivity index (χ1) is 20.3. The van der Waals surface area contributed by atoms with Crippen LogP contribution in [0, 0.1) is 6.92 Å². The lowest BCUT2D eigenvalue weighted by atomic mass is 9.91. The number of fused-ring (bicyclic) bond motifs is 1. The molecule has 42 heavy (non-hydrogen) atoms. The summed E-state index contributed by atoms with van der Waals surface area (Å²) in [4.78, 5) is 41.0. The van der Waals surface area contributed by atoms with Crippen molar-refractivity contribution < 1.29 is 19.1 Å². The number of esters is 1. The molecule has 2 amide bonds. The number of nitrogens with zero attached hydrogens (tertiary/aromatic N) is 1. The lowest BCUT2D eigenvalue weighted by Gasteiger charge is -2.24. The van der Waals surface area contributed by atoms with E-state index in [4.69, 9.17) is 16.3 Å². The summed E-state index contributed by atoms with van der Waals surface area (Å²) >= 11 is 6.34. The zero-order valence-corrected chi connectivity index (χ0v) is 24.5. The van der Waals surface area contributed by atoms with E-state index in [1.165, 1.54) is 0 Å². The number of benzene rings is 4. The first-order valence-corrected chi connectivity index (χ1v) is 14.6. The molecule has 5 rings (SSSR count). The van der Waals surface area contributed by atoms with Gasteiger partial charge in [-0.1, -0.05) is 59.6 Å². The fourth-order valence-corrected chi connectivity index (χ4v) is 5.61. The van der Waals surface area contributed by atoms with E-state index >= 15 is 0 Å². The van der Waals surface area contributed by atoms with Crippen LogP contribution in [0.3, 0.4) is 0 Å². The van der Waals surface area contributed by atoms with Gasteiger partial charge in [-0.25, -0.2) is 0 Å². The molecule has 0 saturated heterocycles. The molecule has 4 aromatic carbocycles. The molecule has 1 atom stereocenters. The van der Waals surface area contributed by atoms with Gasteiger partial charge in [0.25, 0.3) is 11.8 Å². The van der Waals surface area contributed by atoms with Gasteiger partial charge >= 0.3 is 5.97 Å². The molecule has 214 valence electrons. The number of amides is 2. The highest BCUT2D eigenvalue weighted by Gasteiger charge is 2.29. The van der Waals surface area contributed by atoms with Crippen molar-refractivity contribution in [3.8, 4) is 11.1 Å². The summed E-state index contributed by atoms with van der Waals surface area (Å²) in [6.07, 6.45) is 1.71. The number of hydrogen-bond acceptors (Lipinski definition) is 4. The lowest BCUT2D eigenvalue weighted by molar-refractivity contribution is -0.143. The Labute approximate surface area is 251 Å². The van der Waals surface area contributed by atoms with E-state index < -0.39 is 0 Å². The molecule has 1 aliphatic heterocycles. The molecule has 4 aromatic rings. The van der Waals surface area contributed by atoms with Gasteiger partial charge in [0, 0.05) is 34.1 Å². The molecule has 1 N–H and O–H groups in total. The van der Waals surface area contributed by atoms with Gasteiger partial charge in [0.1, 0.15) is 0 Å². The minimum absolute atomic E-state index is 0.0871. The van der Waals surface area contributed by atoms with Crippen molar-refractivity contribution in [3.05, 3.63) is 118 Å². The molecule has 1 unspecified atom stereocenters. The third-order valence-electron chi connectivity index (χ3n) is 7.54. The molecule has 0 aliphatic carbocycles. The van der Waals surface area contributed by atoms with Gasteiger partial charge in [0.2, 0.25) is 0 Å². The van der Waals surface area contributed by atoms with Crippen LogP contribution in [-0.2, 0) is 9.53 Å². The van der Waals surface area contributed by atoms with Crippen LogP contribution in [0.2, 0.25) is 5.02 Å². The molecule has 7 heteroatoms. The van der Waals surface area contributed by atoms with Gasteiger partial charge < -0.3 is 15.0 Å². The average molecular weight is 581 g/mol. The zero-order chi connectivity index (χ0) is 29.6. The Bertz CT molecular complexity index is 1600. The number of rotatable bonds is 7. The number of ether oxygens (including phenoxy) is 1. The first kappa shape index (κ1) is 29.1. The molecular formula is C35H33ClN2O4. The second-order valence-electron chi connectivity index (χ2n) is 10.5. The number of nitrogens with one attached hydrogen (secondary N) is 1. The molecule has 1 aliphatic rings. The van der Waals surface area contributed by atoms with Gasteiger partial charge in [-0.3, -0.25) is 14.4 Å². The molecule has 0 spiro atoms. The Balaban J connectivity index is 1.34. The number of anilines is 2. The standard InChI is InChI=1S/C35H33ClN2O4/c1-3-42-33(39)21-26-7-6-20-38(32-19-16-27(36)22-31(26)32)35(41)25-14-17-28(18-15-25)37-34(40)30-9-5-4-8-29(30)24-12-10-23(2)11-13-24/h4-5,8-19,22,26H,3,6-7,20-21H2,1-2H3,(H,37,40). The highest BCUT2D eigenvalue weighted by atomic mass is 35.5. The summed E-state index contributed by atoms with van der Waals surface area (Å²) in [5.74, 6) is -0.725. The summed E-state index contributed by atoms with van der Waals surface area (Å²) in [5.41, 5.74) is 6.25. The van der Waals surface area contributed by atoms with Crippen molar-refractivity contribution in [3.63, 3.8) is 0 Å². The Morgan fingerprint density at radius 1 is 0.952 bits per heavy atom. The van der Waals surface area contributed by atoms with Crippen molar-refractivity contribution in [2.24, 2.45) is 0 Å². The van der Waals surface area contributed by atoms with Gasteiger partial charge in [-0.15, -0.1) is 0 Å². The SMILES string of the molecule is CCOC(=O)CC1CCCN(C(=O)c2ccc(NC(=O)c3ccccc3-c3ccc(C)cc3)cc2)c2ccc(Cl)cc21. The number of aryl methyl sites for hydroxylation is 1. The Hall–Kier alpha value is -4.42. The Morgan fingerprint density at radius 2 is 1.69 bits per heavy atom. The Morgan fingerprint density at radius 3 is 2.43 bits per heavy atom. The lowest BCUT2D eigenvalue weighted by Crippen LogP contribution is -2.31. The van der Waals surface area contributed by atoms with Crippen LogP contribution in [0.15, 0.2) is 91.0 Å². The number of carbonyl (C=O) groups excluding carboxylic acids is 3. The van der Waals surface area contributed by atoms with Crippen LogP contribution in [0.4, 0.5) is 11.4 Å². The third kappa shape index (κ3) is 6.55. The fraction of sp³-hybridized carbons (Fsp3) is 0.229. The maximum absolute atomic E-state index is 13.7. The predicted molar refractivity (Wildman–Crippen MR) is 167 cm³/mol. The van der Waals surface area contributed by atoms with Gasteiger partial charge in [-0.05, 0) is 97.8 Å². The summed E-state index contributed by atoms with van der Waals surface area (Å²) in [6.45, 7) is 4.66. The molecule has 0 bridgehead atoms. The van der Waals surface area contributed by atoms with E-state index in [1.54, 1.807) is 48.2 Å². The van der Waals surface area contributed by atoms with Crippen LogP contribution in [-0.4, -0.2) is 30.9 Å². The molecule has 0 saturated carbocycles. The summed E-state index contributed by atoms with van der Waals surface area (Å²) in [6, 6.07) is 28.0. The molecular weight excluding hydrogens is 548 g/mol. The predicted octanol–water partition coefficient (Wildman–Crippen LogP) is 8.05. The molecule has 1 heterocycles. The summed E-state index contributed by atoms with van der Waals surface area (Å²) < 4.78 is 5.19. The molecule has 0 radical (unpaired) electrons. The smallest absolute Gasteiger partial charge is 0.306 e. The van der Waals surface area contributed by atoms with E-state index in [1.807, 2.05) is 61.5 Å². The monoisotopic (exact) mass is 580 g/mol. The van der Waals surface area contributed by atoms with Crippen LogP contribution in [0.1, 0.15) is 63.9 Å². The average Bonchev–Trinajstić information content (AvgIpc) is 3.16. The van der Waals surface area contributed by atoms with Crippen LogP contribution in [0.25, 0.3) is 11.1 Å². The van der Waals surface area contributed by atoms with Crippen LogP contribution in [0.5, 0.6) is 0 Å². The van der Waals surface area contributed by atoms with E-state index in [0.717, 1.165) is 40.8 Å². The van der Waals surface area contributed by atoms with E-state index in [2.05, 4.69) is 5.32 Å². The molecule has 6 nitrogen and oxygen atoms in total. The number of hydrogen-bond donors (Lipinski definition) is 1. The summed E-state index contributed by atoms with van der Waals surface area (Å²) in [7, 11) is 0. The van der Waals surface area contributed by atoms with E-state index in [-0.39, 0.29) is 30.1 Å². The second-order valence-corrected chi connectivity index (χ2v) is 10.9. The number of carbonyl (C=O) groups is 3. The fourth-order valence-electron chi connectivity index (χ4n) is 5.43. The highest BCUT2D eigenvalue weighted by molar-refractivity contribution is 6.30. The van der Waals surface area contributed by atoms with E-state index in [9.17, 15) is 14.4 Å². The maximum Gasteiger partial charge on any atom is 0.306 e. The quantitative estimate of drug-likeness (QED) is 0.224. The largest absolute Gasteiger partial charge is 0.466 e. The van der Waals surface area contributed by atoms with E-state index in [0.29, 0.717) is 35.0 Å². The topological polar surface area (TPSA) is 75.7 Å². The zero-order valence-electron chi connectivity index (χ0n) is 23.7. The van der Waals surface area contributed by atoms with Crippen molar-refractivity contribution >= 4 is 40.8 Å². The van der Waals surface area contributed by atoms with Crippen LogP contribution >= 0.6 is 11.6 Å². The van der Waals surface area contributed by atoms with Crippen molar-refractivity contribution in [1.82, 2.24) is 0 Å². The number of halogens is 1. The third-order valence-corrected chi connectivity index (χ3v) is 7.78. The summed E-state index contributed by atoms with van der Waals surface area (Å²) in [5, 5.41) is 3.53. The minimum Gasteiger partial charge on any atom is -0.466 e. The first-order valence-electron chi connectivity index (χ1n) is 14.2. The minimum atomic E-state index is -0.257. The van der Waals surface area contributed by atoms with Crippen molar-refractivity contribution in [2.45, 2.75) is 39.0 Å². The maximum atomic E-state index is 13.7. The Kier molecular flexibility index (Phi) is 9.03. The van der Waals surface area contributed by atoms with Crippen molar-refractivity contribution in [2.75, 3.05) is 23.4 Å². The second kappa shape index (κ2) is 13.0. The van der Waals surface area contributed by atoms with Crippen LogP contribution < -0.4 is 10.2 Å². The highest BCUT2D eigenvalue weighted by Crippen LogP contribution is 2.39.